The van der Waals surface area contributed by atoms with E-state index in [4.69, 9.17) is 20.0 Å². The van der Waals surface area contributed by atoms with E-state index < -0.39 is 17.3 Å². The van der Waals surface area contributed by atoms with Gasteiger partial charge in [-0.25, -0.2) is 4.79 Å². The van der Waals surface area contributed by atoms with E-state index in [1.54, 1.807) is 42.8 Å². The number of thiophene rings is 1. The van der Waals surface area contributed by atoms with E-state index >= 15 is 0 Å². The second-order valence-electron chi connectivity index (χ2n) is 4.02. The minimum Gasteiger partial charge on any atom is -0.491 e. The van der Waals surface area contributed by atoms with Crippen LogP contribution >= 0.6 is 11.3 Å². The summed E-state index contributed by atoms with van der Waals surface area (Å²) in [7, 11) is 0. The van der Waals surface area contributed by atoms with Gasteiger partial charge in [0, 0.05) is 17.0 Å². The van der Waals surface area contributed by atoms with Gasteiger partial charge in [-0.15, -0.1) is 0 Å². The van der Waals surface area contributed by atoms with Crippen molar-refractivity contribution in [1.29, 1.82) is 10.5 Å². The molecule has 1 aromatic rings. The number of esters is 1. The Labute approximate surface area is 137 Å². The average molecular weight is 330 g/mol. The molecule has 0 radical (unpaired) electrons. The smallest absolute Gasteiger partial charge is 0.342 e. The van der Waals surface area contributed by atoms with Crippen LogP contribution in [0.4, 0.5) is 0 Å². The van der Waals surface area contributed by atoms with E-state index in [1.165, 1.54) is 11.3 Å². The number of ether oxygens (including phenoxy) is 2. The third kappa shape index (κ3) is 4.80. The number of carbonyl (C=O) groups excluding carboxylic acids is 2. The summed E-state index contributed by atoms with van der Waals surface area (Å²) in [5.41, 5.74) is -0.254. The second-order valence-corrected chi connectivity index (χ2v) is 4.80. The number of hydrogen-bond acceptors (Lipinski definition) is 7. The molecule has 0 amide bonds. The first-order valence-electron chi connectivity index (χ1n) is 6.71. The van der Waals surface area contributed by atoms with Crippen LogP contribution in [-0.4, -0.2) is 25.0 Å². The van der Waals surface area contributed by atoms with Crippen LogP contribution in [-0.2, 0) is 14.3 Å². The molecule has 0 aliphatic heterocycles. The highest BCUT2D eigenvalue weighted by Gasteiger charge is 2.23. The lowest BCUT2D eigenvalue weighted by Gasteiger charge is -2.11. The number of allylic oxidation sites excluding steroid dienone is 2. The molecule has 1 rings (SSSR count). The molecule has 1 aromatic heterocycles. The molecule has 0 fully saturated rings. The van der Waals surface area contributed by atoms with Crippen LogP contribution in [0.25, 0.3) is 0 Å². The molecule has 6 nitrogen and oxygen atoms in total. The predicted octanol–water partition coefficient (Wildman–Crippen LogP) is 2.76. The highest BCUT2D eigenvalue weighted by atomic mass is 32.1. The Hall–Kier alpha value is -2.90. The van der Waals surface area contributed by atoms with Crippen molar-refractivity contribution in [2.75, 3.05) is 13.2 Å². The summed E-state index contributed by atoms with van der Waals surface area (Å²) in [6.07, 6.45) is 1.03. The third-order valence-electron chi connectivity index (χ3n) is 2.56. The Bertz CT molecular complexity index is 702. The SMILES string of the molecule is CCOC(=O)/C(=C/C(=O)c1ccsc1)C(OCC)=C(C#N)C#N. The van der Waals surface area contributed by atoms with E-state index in [-0.39, 0.29) is 24.5 Å². The Kier molecular flexibility index (Phi) is 7.25. The molecule has 0 N–H and O–H groups in total. The standard InChI is InChI=1S/C16H14N2O4S/c1-3-21-15(12(8-17)9-18)13(16(20)22-4-2)7-14(19)11-5-6-23-10-11/h5-7,10H,3-4H2,1-2H3/b13-7+. The zero-order chi connectivity index (χ0) is 17.2. The molecule has 23 heavy (non-hydrogen) atoms. The molecule has 0 unspecified atom stereocenters. The number of nitriles is 2. The molecular weight excluding hydrogens is 316 g/mol. The van der Waals surface area contributed by atoms with Crippen molar-refractivity contribution in [1.82, 2.24) is 0 Å². The lowest BCUT2D eigenvalue weighted by Crippen LogP contribution is -2.14. The fourth-order valence-electron chi connectivity index (χ4n) is 1.60. The van der Waals surface area contributed by atoms with E-state index in [0.29, 0.717) is 5.56 Å². The maximum absolute atomic E-state index is 12.2. The zero-order valence-electron chi connectivity index (χ0n) is 12.7. The van der Waals surface area contributed by atoms with Gasteiger partial charge < -0.3 is 9.47 Å². The summed E-state index contributed by atoms with van der Waals surface area (Å²) in [6.45, 7) is 3.44. The first kappa shape index (κ1) is 18.1. The minimum absolute atomic E-state index is 0.0800. The van der Waals surface area contributed by atoms with Gasteiger partial charge in [-0.1, -0.05) is 0 Å². The summed E-state index contributed by atoms with van der Waals surface area (Å²) >= 11 is 1.33. The number of hydrogen-bond donors (Lipinski definition) is 0. The molecule has 1 heterocycles. The van der Waals surface area contributed by atoms with Crippen LogP contribution in [0.5, 0.6) is 0 Å². The highest BCUT2D eigenvalue weighted by molar-refractivity contribution is 7.08. The summed E-state index contributed by atoms with van der Waals surface area (Å²) in [5.74, 6) is -1.52. The maximum atomic E-state index is 12.2. The summed E-state index contributed by atoms with van der Waals surface area (Å²) < 4.78 is 10.1. The van der Waals surface area contributed by atoms with E-state index in [2.05, 4.69) is 0 Å². The Morgan fingerprint density at radius 1 is 1.22 bits per heavy atom. The molecule has 0 saturated carbocycles. The van der Waals surface area contributed by atoms with Crippen LogP contribution in [0.1, 0.15) is 24.2 Å². The third-order valence-corrected chi connectivity index (χ3v) is 3.24. The van der Waals surface area contributed by atoms with Gasteiger partial charge in [0.15, 0.2) is 17.1 Å². The molecule has 0 aromatic carbocycles. The lowest BCUT2D eigenvalue weighted by atomic mass is 10.1. The summed E-state index contributed by atoms with van der Waals surface area (Å²) in [4.78, 5) is 24.3. The Morgan fingerprint density at radius 3 is 2.35 bits per heavy atom. The van der Waals surface area contributed by atoms with Crippen LogP contribution in [0.15, 0.2) is 39.8 Å². The largest absolute Gasteiger partial charge is 0.491 e. The molecule has 0 bridgehead atoms. The Morgan fingerprint density at radius 2 is 1.87 bits per heavy atom. The first-order chi connectivity index (χ1) is 11.1. The fraction of sp³-hybridized carbons (Fsp3) is 0.250. The van der Waals surface area contributed by atoms with E-state index in [1.807, 2.05) is 0 Å². The highest BCUT2D eigenvalue weighted by Crippen LogP contribution is 2.20. The summed E-state index contributed by atoms with van der Waals surface area (Å²) in [6, 6.07) is 4.92. The molecular formula is C16H14N2O4S. The number of rotatable bonds is 7. The molecule has 0 atom stereocenters. The molecule has 0 aliphatic rings. The Balaban J connectivity index is 3.43. The van der Waals surface area contributed by atoms with Crippen LogP contribution in [0, 0.1) is 22.7 Å². The lowest BCUT2D eigenvalue weighted by molar-refractivity contribution is -0.138. The van der Waals surface area contributed by atoms with Gasteiger partial charge in [-0.05, 0) is 25.3 Å². The topological polar surface area (TPSA) is 100 Å². The van der Waals surface area contributed by atoms with E-state index in [0.717, 1.165) is 6.08 Å². The van der Waals surface area contributed by atoms with Crippen molar-refractivity contribution in [3.8, 4) is 12.1 Å². The molecule has 118 valence electrons. The van der Waals surface area contributed by atoms with Crippen molar-refractivity contribution >= 4 is 23.1 Å². The van der Waals surface area contributed by atoms with Gasteiger partial charge in [0.1, 0.15) is 17.7 Å². The molecule has 0 spiro atoms. The average Bonchev–Trinajstić information content (AvgIpc) is 3.07. The normalized spacial score (nSPS) is 10.2. The fourth-order valence-corrected chi connectivity index (χ4v) is 2.25. The van der Waals surface area contributed by atoms with Crippen molar-refractivity contribution in [3.05, 3.63) is 45.4 Å². The van der Waals surface area contributed by atoms with Crippen molar-refractivity contribution in [2.45, 2.75) is 13.8 Å². The van der Waals surface area contributed by atoms with Gasteiger partial charge >= 0.3 is 5.97 Å². The minimum atomic E-state index is -0.831. The van der Waals surface area contributed by atoms with Gasteiger partial charge in [0.05, 0.1) is 13.2 Å². The number of ketones is 1. The van der Waals surface area contributed by atoms with E-state index in [9.17, 15) is 9.59 Å². The van der Waals surface area contributed by atoms with Crippen molar-refractivity contribution < 1.29 is 19.1 Å². The predicted molar refractivity (Wildman–Crippen MR) is 83.2 cm³/mol. The number of nitrogens with zero attached hydrogens (tertiary/aromatic N) is 2. The van der Waals surface area contributed by atoms with Gasteiger partial charge in [-0.3, -0.25) is 4.79 Å². The number of carbonyl (C=O) groups is 2. The van der Waals surface area contributed by atoms with Crippen molar-refractivity contribution in [2.24, 2.45) is 0 Å². The quantitative estimate of drug-likeness (QED) is 0.190. The second kappa shape index (κ2) is 9.19. The van der Waals surface area contributed by atoms with Gasteiger partial charge in [-0.2, -0.15) is 21.9 Å². The molecule has 0 aliphatic carbocycles. The van der Waals surface area contributed by atoms with Gasteiger partial charge in [0.2, 0.25) is 0 Å². The summed E-state index contributed by atoms with van der Waals surface area (Å²) in [5, 5.41) is 21.4. The zero-order valence-corrected chi connectivity index (χ0v) is 13.5. The van der Waals surface area contributed by atoms with Crippen molar-refractivity contribution in [3.63, 3.8) is 0 Å². The monoisotopic (exact) mass is 330 g/mol. The van der Waals surface area contributed by atoms with Gasteiger partial charge in [0.25, 0.3) is 0 Å². The molecule has 7 heteroatoms. The maximum Gasteiger partial charge on any atom is 0.342 e. The first-order valence-corrected chi connectivity index (χ1v) is 7.66. The van der Waals surface area contributed by atoms with Crippen LogP contribution in [0.3, 0.4) is 0 Å². The molecule has 0 saturated heterocycles. The van der Waals surface area contributed by atoms with Crippen LogP contribution < -0.4 is 0 Å². The van der Waals surface area contributed by atoms with Crippen LogP contribution in [0.2, 0.25) is 0 Å².